The Balaban J connectivity index is 1.55. The van der Waals surface area contributed by atoms with Gasteiger partial charge in [-0.25, -0.2) is 4.79 Å². The normalized spacial score (nSPS) is 10.3. The van der Waals surface area contributed by atoms with Gasteiger partial charge in [0.2, 0.25) is 5.76 Å². The number of hydrogen-bond donors (Lipinski definition) is 1. The summed E-state index contributed by atoms with van der Waals surface area (Å²) in [4.78, 5) is 24.2. The van der Waals surface area contributed by atoms with Crippen LogP contribution in [0.3, 0.4) is 0 Å². The molecule has 0 saturated heterocycles. The van der Waals surface area contributed by atoms with Crippen LogP contribution in [0.5, 0.6) is 5.75 Å². The summed E-state index contributed by atoms with van der Waals surface area (Å²) in [6.45, 7) is -0.126. The van der Waals surface area contributed by atoms with E-state index >= 15 is 0 Å². The zero-order chi connectivity index (χ0) is 19.1. The number of rotatable bonds is 7. The molecule has 0 spiro atoms. The van der Waals surface area contributed by atoms with Crippen LogP contribution in [0, 0.1) is 0 Å². The van der Waals surface area contributed by atoms with Crippen LogP contribution < -0.4 is 10.1 Å². The molecule has 6 nitrogen and oxygen atoms in total. The summed E-state index contributed by atoms with van der Waals surface area (Å²) in [6.07, 6.45) is 1.42. The lowest BCUT2D eigenvalue weighted by atomic mass is 10.1. The highest BCUT2D eigenvalue weighted by Gasteiger charge is 2.19. The summed E-state index contributed by atoms with van der Waals surface area (Å²) in [5.74, 6) is -0.357. The quantitative estimate of drug-likeness (QED) is 0.649. The summed E-state index contributed by atoms with van der Waals surface area (Å²) in [6, 6.07) is 18.4. The number of nitrogens with one attached hydrogen (secondary N) is 1. The Hall–Kier alpha value is -3.54. The van der Waals surface area contributed by atoms with Gasteiger partial charge >= 0.3 is 5.97 Å². The fourth-order valence-electron chi connectivity index (χ4n) is 2.60. The fraction of sp³-hybridized carbons (Fsp3) is 0.143. The van der Waals surface area contributed by atoms with Gasteiger partial charge in [0.05, 0.1) is 13.4 Å². The Kier molecular flexibility index (Phi) is 5.89. The molecule has 0 aliphatic carbocycles. The van der Waals surface area contributed by atoms with Crippen LogP contribution in [0.1, 0.15) is 16.1 Å². The number of ether oxygens (including phenoxy) is 2. The van der Waals surface area contributed by atoms with Crippen molar-refractivity contribution in [2.75, 3.05) is 13.7 Å². The molecule has 3 aromatic rings. The van der Waals surface area contributed by atoms with Gasteiger partial charge in [-0.3, -0.25) is 4.79 Å². The largest absolute Gasteiger partial charge is 0.496 e. The van der Waals surface area contributed by atoms with Gasteiger partial charge in [0.1, 0.15) is 5.75 Å². The maximum atomic E-state index is 12.3. The van der Waals surface area contributed by atoms with Crippen molar-refractivity contribution in [2.45, 2.75) is 6.54 Å². The summed E-state index contributed by atoms with van der Waals surface area (Å²) < 4.78 is 15.6. The number of benzene rings is 2. The second-order valence-electron chi connectivity index (χ2n) is 5.69. The lowest BCUT2D eigenvalue weighted by molar-refractivity contribution is -0.124. The zero-order valence-corrected chi connectivity index (χ0v) is 14.8. The van der Waals surface area contributed by atoms with Crippen molar-refractivity contribution in [1.82, 2.24) is 5.32 Å². The number of hydrogen-bond acceptors (Lipinski definition) is 5. The minimum Gasteiger partial charge on any atom is -0.496 e. The van der Waals surface area contributed by atoms with E-state index in [-0.39, 0.29) is 12.3 Å². The predicted octanol–water partition coefficient (Wildman–Crippen LogP) is 3.43. The summed E-state index contributed by atoms with van der Waals surface area (Å²) >= 11 is 0. The molecule has 0 atom stereocenters. The number of furan rings is 1. The third-order valence-electron chi connectivity index (χ3n) is 3.94. The minimum atomic E-state index is -0.689. The van der Waals surface area contributed by atoms with E-state index in [4.69, 9.17) is 13.9 Å². The molecule has 138 valence electrons. The predicted molar refractivity (Wildman–Crippen MR) is 99.3 cm³/mol. The highest BCUT2D eigenvalue weighted by atomic mass is 16.5. The molecule has 6 heteroatoms. The standard InChI is InChI=1S/C21H19NO5/c1-25-18-10-6-5-9-16(18)13-22-19(23)14-27-21(24)20-17(11-12-26-20)15-7-3-2-4-8-15/h2-12H,13-14H2,1H3,(H,22,23). The number of esters is 1. The average molecular weight is 365 g/mol. The lowest BCUT2D eigenvalue weighted by Gasteiger charge is -2.10. The van der Waals surface area contributed by atoms with Crippen molar-refractivity contribution >= 4 is 11.9 Å². The van der Waals surface area contributed by atoms with Gasteiger partial charge < -0.3 is 19.2 Å². The first-order valence-corrected chi connectivity index (χ1v) is 8.37. The van der Waals surface area contributed by atoms with Crippen LogP contribution in [0.2, 0.25) is 0 Å². The molecule has 0 radical (unpaired) electrons. The average Bonchev–Trinajstić information content (AvgIpc) is 3.21. The van der Waals surface area contributed by atoms with E-state index in [2.05, 4.69) is 5.32 Å². The van der Waals surface area contributed by atoms with Crippen LogP contribution in [0.4, 0.5) is 0 Å². The highest BCUT2D eigenvalue weighted by molar-refractivity contribution is 5.95. The van der Waals surface area contributed by atoms with Crippen LogP contribution in [-0.2, 0) is 16.1 Å². The monoisotopic (exact) mass is 365 g/mol. The van der Waals surface area contributed by atoms with Gasteiger partial charge in [-0.15, -0.1) is 0 Å². The molecule has 0 aliphatic heterocycles. The van der Waals surface area contributed by atoms with Crippen molar-refractivity contribution in [3.05, 3.63) is 78.3 Å². The van der Waals surface area contributed by atoms with E-state index in [1.54, 1.807) is 13.2 Å². The molecule has 1 N–H and O–H groups in total. The summed E-state index contributed by atoms with van der Waals surface area (Å²) in [5.41, 5.74) is 2.28. The van der Waals surface area contributed by atoms with Crippen LogP contribution in [0.15, 0.2) is 71.3 Å². The van der Waals surface area contributed by atoms with Crippen molar-refractivity contribution in [3.63, 3.8) is 0 Å². The molecule has 1 heterocycles. The van der Waals surface area contributed by atoms with E-state index in [0.29, 0.717) is 11.3 Å². The number of amides is 1. The van der Waals surface area contributed by atoms with E-state index in [0.717, 1.165) is 11.1 Å². The minimum absolute atomic E-state index is 0.0683. The first kappa shape index (κ1) is 18.3. The molecule has 0 bridgehead atoms. The zero-order valence-electron chi connectivity index (χ0n) is 14.8. The smallest absolute Gasteiger partial charge is 0.375 e. The maximum Gasteiger partial charge on any atom is 0.375 e. The maximum absolute atomic E-state index is 12.3. The Morgan fingerprint density at radius 2 is 1.74 bits per heavy atom. The number of para-hydroxylation sites is 1. The molecule has 1 amide bonds. The second-order valence-corrected chi connectivity index (χ2v) is 5.69. The van der Waals surface area contributed by atoms with Gasteiger partial charge in [0.25, 0.3) is 5.91 Å². The summed E-state index contributed by atoms with van der Waals surface area (Å²) in [7, 11) is 1.57. The Morgan fingerprint density at radius 3 is 2.52 bits per heavy atom. The Labute approximate surface area is 156 Å². The number of carbonyl (C=O) groups is 2. The highest BCUT2D eigenvalue weighted by Crippen LogP contribution is 2.25. The fourth-order valence-corrected chi connectivity index (χ4v) is 2.60. The molecule has 0 unspecified atom stereocenters. The van der Waals surface area contributed by atoms with Gasteiger partial charge in [-0.1, -0.05) is 48.5 Å². The molecule has 0 fully saturated rings. The van der Waals surface area contributed by atoms with E-state index < -0.39 is 18.5 Å². The van der Waals surface area contributed by atoms with Gasteiger partial charge in [0, 0.05) is 17.7 Å². The topological polar surface area (TPSA) is 77.8 Å². The van der Waals surface area contributed by atoms with Gasteiger partial charge in [-0.05, 0) is 17.7 Å². The first-order valence-electron chi connectivity index (χ1n) is 8.37. The number of methoxy groups -OCH3 is 1. The number of carbonyl (C=O) groups excluding carboxylic acids is 2. The van der Waals surface area contributed by atoms with Crippen molar-refractivity contribution in [1.29, 1.82) is 0 Å². The van der Waals surface area contributed by atoms with Crippen LogP contribution in [0.25, 0.3) is 11.1 Å². The molecule has 0 aliphatic rings. The Bertz CT molecular complexity index is 917. The first-order chi connectivity index (χ1) is 13.2. The Morgan fingerprint density at radius 1 is 1.00 bits per heavy atom. The molecule has 27 heavy (non-hydrogen) atoms. The van der Waals surface area contributed by atoms with E-state index in [1.807, 2.05) is 54.6 Å². The van der Waals surface area contributed by atoms with E-state index in [1.165, 1.54) is 6.26 Å². The van der Waals surface area contributed by atoms with Crippen molar-refractivity contribution in [2.24, 2.45) is 0 Å². The SMILES string of the molecule is COc1ccccc1CNC(=O)COC(=O)c1occc1-c1ccccc1. The third kappa shape index (κ3) is 4.55. The molecular formula is C21H19NO5. The third-order valence-corrected chi connectivity index (χ3v) is 3.94. The molecule has 1 aromatic heterocycles. The second kappa shape index (κ2) is 8.71. The molecule has 3 rings (SSSR count). The van der Waals surface area contributed by atoms with Gasteiger partial charge in [-0.2, -0.15) is 0 Å². The van der Waals surface area contributed by atoms with E-state index in [9.17, 15) is 9.59 Å². The van der Waals surface area contributed by atoms with Crippen molar-refractivity contribution < 1.29 is 23.5 Å². The van der Waals surface area contributed by atoms with Crippen LogP contribution in [-0.4, -0.2) is 25.6 Å². The lowest BCUT2D eigenvalue weighted by Crippen LogP contribution is -2.28. The van der Waals surface area contributed by atoms with Gasteiger partial charge in [0.15, 0.2) is 6.61 Å². The summed E-state index contributed by atoms with van der Waals surface area (Å²) in [5, 5.41) is 2.69. The molecule has 0 saturated carbocycles. The molecule has 2 aromatic carbocycles. The molecular weight excluding hydrogens is 346 g/mol. The van der Waals surface area contributed by atoms with Crippen molar-refractivity contribution in [3.8, 4) is 16.9 Å². The van der Waals surface area contributed by atoms with Crippen LogP contribution >= 0.6 is 0 Å².